The molecule has 4 nitrogen and oxygen atoms in total. The van der Waals surface area contributed by atoms with E-state index in [0.717, 1.165) is 25.7 Å². The van der Waals surface area contributed by atoms with Gasteiger partial charge in [0, 0.05) is 0 Å². The third-order valence-corrected chi connectivity index (χ3v) is 3.30. The molecule has 0 spiro atoms. The van der Waals surface area contributed by atoms with E-state index in [0.29, 0.717) is 13.0 Å². The maximum Gasteiger partial charge on any atom is 0.331 e. The molecule has 0 saturated carbocycles. The van der Waals surface area contributed by atoms with Crippen molar-refractivity contribution in [3.63, 3.8) is 0 Å². The van der Waals surface area contributed by atoms with Gasteiger partial charge < -0.3 is 4.74 Å². The standard InChI is InChI=1S/C16H29NO3/c1-3-5-7-8-9-10-11-12-15(17-14-18)16(19)20-13-6-4-2/h15H,3-13H2,1-2H3. The summed E-state index contributed by atoms with van der Waals surface area (Å²) in [6.07, 6.45) is 12.1. The van der Waals surface area contributed by atoms with Crippen molar-refractivity contribution in [1.29, 1.82) is 0 Å². The third-order valence-electron chi connectivity index (χ3n) is 3.30. The van der Waals surface area contributed by atoms with Gasteiger partial charge in [0.05, 0.1) is 6.61 Å². The number of hydrogen-bond donors (Lipinski definition) is 0. The fraction of sp³-hybridized carbons (Fsp3) is 0.875. The predicted octanol–water partition coefficient (Wildman–Crippen LogP) is 4.17. The van der Waals surface area contributed by atoms with Gasteiger partial charge in [-0.1, -0.05) is 65.2 Å². The lowest BCUT2D eigenvalue weighted by atomic mass is 10.1. The van der Waals surface area contributed by atoms with Crippen molar-refractivity contribution in [3.05, 3.63) is 0 Å². The molecule has 0 aliphatic rings. The van der Waals surface area contributed by atoms with Crippen LogP contribution >= 0.6 is 0 Å². The second kappa shape index (κ2) is 14.3. The summed E-state index contributed by atoms with van der Waals surface area (Å²) >= 11 is 0. The lowest BCUT2D eigenvalue weighted by Crippen LogP contribution is -2.22. The van der Waals surface area contributed by atoms with Gasteiger partial charge in [-0.15, -0.1) is 0 Å². The van der Waals surface area contributed by atoms with E-state index in [9.17, 15) is 9.59 Å². The van der Waals surface area contributed by atoms with E-state index in [1.165, 1.54) is 38.2 Å². The Hall–Kier alpha value is -1.15. The van der Waals surface area contributed by atoms with Crippen molar-refractivity contribution in [2.24, 2.45) is 4.99 Å². The van der Waals surface area contributed by atoms with Crippen LogP contribution in [0.4, 0.5) is 0 Å². The smallest absolute Gasteiger partial charge is 0.331 e. The van der Waals surface area contributed by atoms with Gasteiger partial charge in [0.25, 0.3) is 0 Å². The van der Waals surface area contributed by atoms with E-state index >= 15 is 0 Å². The first kappa shape index (κ1) is 18.9. The Kier molecular flexibility index (Phi) is 13.4. The molecule has 0 rings (SSSR count). The Morgan fingerprint density at radius 2 is 1.60 bits per heavy atom. The summed E-state index contributed by atoms with van der Waals surface area (Å²) in [5.74, 6) is -0.382. The quantitative estimate of drug-likeness (QED) is 0.220. The third kappa shape index (κ3) is 10.7. The summed E-state index contributed by atoms with van der Waals surface area (Å²) in [7, 11) is 0. The van der Waals surface area contributed by atoms with E-state index < -0.39 is 6.04 Å². The van der Waals surface area contributed by atoms with Crippen molar-refractivity contribution in [2.75, 3.05) is 6.61 Å². The number of nitrogens with zero attached hydrogens (tertiary/aromatic N) is 1. The lowest BCUT2D eigenvalue weighted by Gasteiger charge is -2.10. The summed E-state index contributed by atoms with van der Waals surface area (Å²) in [5, 5.41) is 0. The van der Waals surface area contributed by atoms with Gasteiger partial charge in [0.15, 0.2) is 6.04 Å². The number of esters is 1. The summed E-state index contributed by atoms with van der Waals surface area (Å²) in [6, 6.07) is -0.653. The van der Waals surface area contributed by atoms with Crippen LogP contribution in [0.1, 0.15) is 78.1 Å². The Balaban J connectivity index is 3.79. The predicted molar refractivity (Wildman–Crippen MR) is 80.4 cm³/mol. The number of ether oxygens (including phenoxy) is 1. The Morgan fingerprint density at radius 3 is 2.20 bits per heavy atom. The van der Waals surface area contributed by atoms with Gasteiger partial charge in [-0.3, -0.25) is 0 Å². The molecule has 0 radical (unpaired) electrons. The number of carbonyl (C=O) groups excluding carboxylic acids is 2. The fourth-order valence-electron chi connectivity index (χ4n) is 2.01. The van der Waals surface area contributed by atoms with Crippen LogP contribution in [0, 0.1) is 0 Å². The first-order valence-corrected chi connectivity index (χ1v) is 7.99. The van der Waals surface area contributed by atoms with Gasteiger partial charge in [-0.05, 0) is 12.8 Å². The molecule has 0 bridgehead atoms. The van der Waals surface area contributed by atoms with E-state index in [2.05, 4.69) is 11.9 Å². The number of carbonyl (C=O) groups is 1. The molecule has 0 heterocycles. The van der Waals surface area contributed by atoms with Crippen molar-refractivity contribution < 1.29 is 14.3 Å². The minimum Gasteiger partial charge on any atom is -0.464 e. The average Bonchev–Trinajstić information content (AvgIpc) is 2.45. The van der Waals surface area contributed by atoms with Crippen LogP contribution in [0.5, 0.6) is 0 Å². The van der Waals surface area contributed by atoms with Crippen LogP contribution in [0.15, 0.2) is 4.99 Å². The van der Waals surface area contributed by atoms with E-state index in [1.807, 2.05) is 6.92 Å². The Labute approximate surface area is 123 Å². The molecule has 0 aliphatic carbocycles. The molecule has 0 aliphatic heterocycles. The second-order valence-electron chi connectivity index (χ2n) is 5.17. The van der Waals surface area contributed by atoms with Crippen molar-refractivity contribution in [3.8, 4) is 0 Å². The van der Waals surface area contributed by atoms with Gasteiger partial charge in [-0.2, -0.15) is 4.99 Å². The molecule has 116 valence electrons. The zero-order valence-corrected chi connectivity index (χ0v) is 13.0. The van der Waals surface area contributed by atoms with Crippen LogP contribution in [-0.4, -0.2) is 24.7 Å². The van der Waals surface area contributed by atoms with Crippen LogP contribution in [0.3, 0.4) is 0 Å². The summed E-state index contributed by atoms with van der Waals surface area (Å²) < 4.78 is 5.10. The number of aliphatic imine (C=N–C) groups is 1. The molecule has 0 amide bonds. The lowest BCUT2D eigenvalue weighted by molar-refractivity contribution is -0.145. The van der Waals surface area contributed by atoms with Crippen LogP contribution in [0.25, 0.3) is 0 Å². The molecule has 1 unspecified atom stereocenters. The number of hydrogen-bond acceptors (Lipinski definition) is 4. The van der Waals surface area contributed by atoms with E-state index in [1.54, 1.807) is 0 Å². The first-order valence-electron chi connectivity index (χ1n) is 7.99. The van der Waals surface area contributed by atoms with Crippen LogP contribution in [-0.2, 0) is 14.3 Å². The highest BCUT2D eigenvalue weighted by Crippen LogP contribution is 2.12. The van der Waals surface area contributed by atoms with Gasteiger partial charge in [0.2, 0.25) is 6.08 Å². The molecule has 20 heavy (non-hydrogen) atoms. The maximum atomic E-state index is 11.7. The monoisotopic (exact) mass is 283 g/mol. The normalized spacial score (nSPS) is 11.7. The second-order valence-corrected chi connectivity index (χ2v) is 5.17. The Bertz CT molecular complexity index is 285. The topological polar surface area (TPSA) is 55.7 Å². The average molecular weight is 283 g/mol. The molecular formula is C16H29NO3. The maximum absolute atomic E-state index is 11.7. The van der Waals surface area contributed by atoms with E-state index in [4.69, 9.17) is 4.74 Å². The van der Waals surface area contributed by atoms with Gasteiger partial charge >= 0.3 is 5.97 Å². The molecule has 0 aromatic rings. The SMILES string of the molecule is CCCCCCCCCC(N=C=O)C(=O)OCCCC. The molecule has 0 fully saturated rings. The molecule has 0 aromatic heterocycles. The minimum atomic E-state index is -0.653. The first-order chi connectivity index (χ1) is 9.76. The summed E-state index contributed by atoms with van der Waals surface area (Å²) in [6.45, 7) is 4.65. The van der Waals surface area contributed by atoms with Gasteiger partial charge in [-0.25, -0.2) is 9.59 Å². The van der Waals surface area contributed by atoms with Crippen LogP contribution < -0.4 is 0 Å². The molecule has 1 atom stereocenters. The number of isocyanates is 1. The highest BCUT2D eigenvalue weighted by atomic mass is 16.5. The van der Waals surface area contributed by atoms with Crippen molar-refractivity contribution >= 4 is 12.0 Å². The van der Waals surface area contributed by atoms with Gasteiger partial charge in [0.1, 0.15) is 0 Å². The summed E-state index contributed by atoms with van der Waals surface area (Å²) in [4.78, 5) is 25.6. The van der Waals surface area contributed by atoms with Crippen molar-refractivity contribution in [2.45, 2.75) is 84.1 Å². The largest absolute Gasteiger partial charge is 0.464 e. The van der Waals surface area contributed by atoms with Crippen molar-refractivity contribution in [1.82, 2.24) is 0 Å². The fourth-order valence-corrected chi connectivity index (χ4v) is 2.01. The highest BCUT2D eigenvalue weighted by molar-refractivity contribution is 5.76. The molecular weight excluding hydrogens is 254 g/mol. The number of rotatable bonds is 13. The highest BCUT2D eigenvalue weighted by Gasteiger charge is 2.18. The zero-order chi connectivity index (χ0) is 15.1. The number of unbranched alkanes of at least 4 members (excludes halogenated alkanes) is 7. The molecule has 0 saturated heterocycles. The minimum absolute atomic E-state index is 0.382. The van der Waals surface area contributed by atoms with Crippen LogP contribution in [0.2, 0.25) is 0 Å². The van der Waals surface area contributed by atoms with E-state index in [-0.39, 0.29) is 5.97 Å². The molecule has 4 heteroatoms. The molecule has 0 aromatic carbocycles. The molecule has 0 N–H and O–H groups in total. The Morgan fingerprint density at radius 1 is 1.00 bits per heavy atom. The summed E-state index contributed by atoms with van der Waals surface area (Å²) in [5.41, 5.74) is 0. The zero-order valence-electron chi connectivity index (χ0n) is 13.0.